The number of carboxylic acids is 1. The first-order chi connectivity index (χ1) is 10.1. The van der Waals surface area contributed by atoms with Gasteiger partial charge < -0.3 is 14.8 Å². The van der Waals surface area contributed by atoms with Crippen molar-refractivity contribution in [1.82, 2.24) is 10.3 Å². The van der Waals surface area contributed by atoms with Crippen molar-refractivity contribution in [2.75, 3.05) is 6.54 Å². The highest BCUT2D eigenvalue weighted by Crippen LogP contribution is 2.45. The Morgan fingerprint density at radius 3 is 2.62 bits per heavy atom. The summed E-state index contributed by atoms with van der Waals surface area (Å²) in [5, 5.41) is 11.7. The highest BCUT2D eigenvalue weighted by Gasteiger charge is 2.50. The number of carbonyl (C=O) groups excluding carboxylic acids is 1. The van der Waals surface area contributed by atoms with Crippen LogP contribution in [0.1, 0.15) is 23.3 Å². The summed E-state index contributed by atoms with van der Waals surface area (Å²) < 4.78 is 5.28. The molecule has 108 valence electrons. The van der Waals surface area contributed by atoms with Gasteiger partial charge in [0.25, 0.3) is 5.91 Å². The molecule has 1 aromatic carbocycles. The zero-order valence-corrected chi connectivity index (χ0v) is 11.2. The molecule has 2 aromatic rings. The third kappa shape index (κ3) is 2.65. The lowest BCUT2D eigenvalue weighted by Gasteiger charge is -2.09. The molecule has 0 radical (unpaired) electrons. The number of rotatable bonds is 5. The number of hydrogen-bond donors (Lipinski definition) is 2. The van der Waals surface area contributed by atoms with Crippen LogP contribution in [-0.4, -0.2) is 28.5 Å². The lowest BCUT2D eigenvalue weighted by atomic mass is 10.1. The SMILES string of the molecule is O=C(NCC1(C(=O)O)CC1)c1coc(-c2ccccc2)n1. The Hall–Kier alpha value is -2.63. The summed E-state index contributed by atoms with van der Waals surface area (Å²) in [5.74, 6) is -0.929. The van der Waals surface area contributed by atoms with Crippen LogP contribution in [0, 0.1) is 5.41 Å². The summed E-state index contributed by atoms with van der Waals surface area (Å²) in [4.78, 5) is 27.1. The Morgan fingerprint density at radius 2 is 2.00 bits per heavy atom. The van der Waals surface area contributed by atoms with E-state index in [1.165, 1.54) is 6.26 Å². The third-order valence-corrected chi connectivity index (χ3v) is 3.65. The molecule has 1 aliphatic carbocycles. The Balaban J connectivity index is 1.66. The van der Waals surface area contributed by atoms with Gasteiger partial charge in [-0.2, -0.15) is 0 Å². The fraction of sp³-hybridized carbons (Fsp3) is 0.267. The molecule has 1 saturated carbocycles. The summed E-state index contributed by atoms with van der Waals surface area (Å²) in [6.07, 6.45) is 2.46. The van der Waals surface area contributed by atoms with Crippen molar-refractivity contribution in [3.05, 3.63) is 42.3 Å². The maximum absolute atomic E-state index is 12.0. The van der Waals surface area contributed by atoms with E-state index in [0.29, 0.717) is 18.7 Å². The zero-order chi connectivity index (χ0) is 14.9. The first kappa shape index (κ1) is 13.4. The second-order valence-electron chi connectivity index (χ2n) is 5.17. The highest BCUT2D eigenvalue weighted by atomic mass is 16.4. The maximum atomic E-state index is 12.0. The number of carboxylic acid groups (broad SMARTS) is 1. The van der Waals surface area contributed by atoms with Crippen LogP contribution in [0.15, 0.2) is 41.0 Å². The summed E-state index contributed by atoms with van der Waals surface area (Å²) in [6, 6.07) is 9.24. The van der Waals surface area contributed by atoms with Crippen molar-refractivity contribution in [1.29, 1.82) is 0 Å². The van der Waals surface area contributed by atoms with Crippen LogP contribution in [0.2, 0.25) is 0 Å². The molecule has 0 saturated heterocycles. The highest BCUT2D eigenvalue weighted by molar-refractivity contribution is 5.93. The van der Waals surface area contributed by atoms with Crippen molar-refractivity contribution in [2.45, 2.75) is 12.8 Å². The van der Waals surface area contributed by atoms with Gasteiger partial charge in [0.05, 0.1) is 5.41 Å². The number of nitrogens with zero attached hydrogens (tertiary/aromatic N) is 1. The molecular weight excluding hydrogens is 272 g/mol. The Kier molecular flexibility index (Phi) is 3.21. The zero-order valence-electron chi connectivity index (χ0n) is 11.2. The summed E-state index contributed by atoms with van der Waals surface area (Å²) >= 11 is 0. The number of carbonyl (C=O) groups is 2. The van der Waals surface area contributed by atoms with E-state index >= 15 is 0 Å². The second kappa shape index (κ2) is 5.05. The normalized spacial score (nSPS) is 15.4. The molecule has 0 unspecified atom stereocenters. The molecule has 2 N–H and O–H groups in total. The number of aromatic nitrogens is 1. The van der Waals surface area contributed by atoms with E-state index in [4.69, 9.17) is 9.52 Å². The molecule has 1 aliphatic rings. The van der Waals surface area contributed by atoms with Crippen LogP contribution in [0.5, 0.6) is 0 Å². The molecule has 21 heavy (non-hydrogen) atoms. The molecule has 3 rings (SSSR count). The van der Waals surface area contributed by atoms with Crippen LogP contribution in [0.4, 0.5) is 0 Å². The van der Waals surface area contributed by atoms with Crippen LogP contribution in [-0.2, 0) is 4.79 Å². The quantitative estimate of drug-likeness (QED) is 0.876. The van der Waals surface area contributed by atoms with Crippen molar-refractivity contribution in [3.63, 3.8) is 0 Å². The molecule has 1 aromatic heterocycles. The smallest absolute Gasteiger partial charge is 0.311 e. The van der Waals surface area contributed by atoms with E-state index in [0.717, 1.165) is 5.56 Å². The number of benzene rings is 1. The van der Waals surface area contributed by atoms with E-state index in [-0.39, 0.29) is 12.2 Å². The number of aliphatic carboxylic acids is 1. The molecule has 1 fully saturated rings. The minimum Gasteiger partial charge on any atom is -0.481 e. The second-order valence-corrected chi connectivity index (χ2v) is 5.17. The van der Waals surface area contributed by atoms with Gasteiger partial charge in [-0.25, -0.2) is 4.98 Å². The number of hydrogen-bond acceptors (Lipinski definition) is 4. The molecule has 0 spiro atoms. The van der Waals surface area contributed by atoms with Crippen LogP contribution in [0.3, 0.4) is 0 Å². The van der Waals surface area contributed by atoms with E-state index in [1.54, 1.807) is 0 Å². The summed E-state index contributed by atoms with van der Waals surface area (Å²) in [7, 11) is 0. The number of oxazole rings is 1. The predicted molar refractivity (Wildman–Crippen MR) is 73.6 cm³/mol. The molecule has 0 aliphatic heterocycles. The first-order valence-electron chi connectivity index (χ1n) is 6.63. The minimum absolute atomic E-state index is 0.120. The Labute approximate surface area is 120 Å². The standard InChI is InChI=1S/C15H14N2O4/c18-12(16-9-15(6-7-15)14(19)20)11-8-21-13(17-11)10-4-2-1-3-5-10/h1-5,8H,6-7,9H2,(H,16,18)(H,19,20). The van der Waals surface area contributed by atoms with Crippen molar-refractivity contribution >= 4 is 11.9 Å². The van der Waals surface area contributed by atoms with Gasteiger partial charge in [0.15, 0.2) is 5.69 Å². The molecule has 0 bridgehead atoms. The van der Waals surface area contributed by atoms with Crippen molar-refractivity contribution in [2.24, 2.45) is 5.41 Å². The van der Waals surface area contributed by atoms with Crippen LogP contribution >= 0.6 is 0 Å². The van der Waals surface area contributed by atoms with Gasteiger partial charge in [0.1, 0.15) is 6.26 Å². The minimum atomic E-state index is -0.868. The van der Waals surface area contributed by atoms with Crippen molar-refractivity contribution < 1.29 is 19.1 Å². The summed E-state index contributed by atoms with van der Waals surface area (Å²) in [5.41, 5.74) is 0.137. The van der Waals surface area contributed by atoms with E-state index in [2.05, 4.69) is 10.3 Å². The van der Waals surface area contributed by atoms with E-state index < -0.39 is 17.3 Å². The lowest BCUT2D eigenvalue weighted by Crippen LogP contribution is -2.34. The predicted octanol–water partition coefficient (Wildman–Crippen LogP) is 1.94. The first-order valence-corrected chi connectivity index (χ1v) is 6.63. The molecular formula is C15H14N2O4. The third-order valence-electron chi connectivity index (χ3n) is 3.65. The van der Waals surface area contributed by atoms with Gasteiger partial charge in [-0.05, 0) is 25.0 Å². The van der Waals surface area contributed by atoms with Crippen molar-refractivity contribution in [3.8, 4) is 11.5 Å². The average molecular weight is 286 g/mol. The maximum Gasteiger partial charge on any atom is 0.311 e. The molecule has 6 heteroatoms. The molecule has 6 nitrogen and oxygen atoms in total. The molecule has 1 heterocycles. The number of nitrogens with one attached hydrogen (secondary N) is 1. The average Bonchev–Trinajstić information content (AvgIpc) is 3.14. The van der Waals surface area contributed by atoms with Gasteiger partial charge >= 0.3 is 5.97 Å². The van der Waals surface area contributed by atoms with Crippen LogP contribution < -0.4 is 5.32 Å². The van der Waals surface area contributed by atoms with E-state index in [9.17, 15) is 9.59 Å². The molecule has 0 atom stereocenters. The van der Waals surface area contributed by atoms with E-state index in [1.807, 2.05) is 30.3 Å². The Morgan fingerprint density at radius 1 is 1.29 bits per heavy atom. The van der Waals surface area contributed by atoms with Gasteiger partial charge in [0, 0.05) is 12.1 Å². The van der Waals surface area contributed by atoms with Gasteiger partial charge in [-0.15, -0.1) is 0 Å². The van der Waals surface area contributed by atoms with Crippen LogP contribution in [0.25, 0.3) is 11.5 Å². The summed E-state index contributed by atoms with van der Waals surface area (Å²) in [6.45, 7) is 0.120. The topological polar surface area (TPSA) is 92.4 Å². The Bertz CT molecular complexity index is 674. The number of amides is 1. The van der Waals surface area contributed by atoms with Gasteiger partial charge in [-0.3, -0.25) is 9.59 Å². The fourth-order valence-corrected chi connectivity index (χ4v) is 2.05. The fourth-order valence-electron chi connectivity index (χ4n) is 2.05. The lowest BCUT2D eigenvalue weighted by molar-refractivity contribution is -0.143. The van der Waals surface area contributed by atoms with Gasteiger partial charge in [0.2, 0.25) is 5.89 Å². The monoisotopic (exact) mass is 286 g/mol. The largest absolute Gasteiger partial charge is 0.481 e. The molecule has 1 amide bonds. The van der Waals surface area contributed by atoms with Gasteiger partial charge in [-0.1, -0.05) is 18.2 Å².